The number of carbonyl (C=O) groups excluding carboxylic acids is 2. The maximum absolute atomic E-state index is 13.2. The van der Waals surface area contributed by atoms with E-state index in [1.807, 2.05) is 26.8 Å². The fraction of sp³-hybridized carbons (Fsp3) is 0.379. The minimum Gasteiger partial charge on any atom is -0.494 e. The molecule has 0 heterocycles. The molecule has 7 nitrogen and oxygen atoms in total. The Morgan fingerprint density at radius 1 is 0.730 bits per heavy atom. The number of unbranched alkanes of at least 4 members (excludes halogenated alkanes) is 2. The van der Waals surface area contributed by atoms with Crippen LogP contribution in [-0.2, 0) is 4.79 Å². The van der Waals surface area contributed by atoms with Gasteiger partial charge in [-0.1, -0.05) is 41.8 Å². The van der Waals surface area contributed by atoms with Crippen molar-refractivity contribution in [3.8, 4) is 28.7 Å². The SMILES string of the molecule is CCCCCC(=O)Oc1c(OCC)c(OCC)c(OC(=O)c2cccc(Br)c2)c2cc(OCC)ccc12. The van der Waals surface area contributed by atoms with Gasteiger partial charge in [0, 0.05) is 21.7 Å². The first-order valence-corrected chi connectivity index (χ1v) is 13.4. The second-order valence-electron chi connectivity index (χ2n) is 8.15. The highest BCUT2D eigenvalue weighted by atomic mass is 79.9. The van der Waals surface area contributed by atoms with Gasteiger partial charge in [0.25, 0.3) is 0 Å². The molecule has 0 aromatic heterocycles. The largest absolute Gasteiger partial charge is 0.494 e. The van der Waals surface area contributed by atoms with Gasteiger partial charge in [-0.2, -0.15) is 0 Å². The standard InChI is InChI=1S/C29H33BrO7/c1-5-9-10-14-24(31)36-25-22-16-15-21(33-6-2)18-23(22)26(28(35-8-4)27(25)34-7-3)37-29(32)19-12-11-13-20(30)17-19/h11-13,15-18H,5-10,14H2,1-4H3. The Balaban J connectivity index is 2.22. The normalized spacial score (nSPS) is 10.7. The molecule has 0 aliphatic rings. The predicted octanol–water partition coefficient (Wildman–Crippen LogP) is 7.50. The van der Waals surface area contributed by atoms with E-state index in [2.05, 4.69) is 22.9 Å². The highest BCUT2D eigenvalue weighted by Gasteiger charge is 2.28. The summed E-state index contributed by atoms with van der Waals surface area (Å²) in [6, 6.07) is 12.2. The van der Waals surface area contributed by atoms with Crippen molar-refractivity contribution in [3.05, 3.63) is 52.5 Å². The van der Waals surface area contributed by atoms with Crippen LogP contribution in [0, 0.1) is 0 Å². The molecule has 0 bridgehead atoms. The fourth-order valence-electron chi connectivity index (χ4n) is 3.82. The first kappa shape index (κ1) is 28.3. The average Bonchev–Trinajstić information content (AvgIpc) is 2.88. The second-order valence-corrected chi connectivity index (χ2v) is 9.07. The number of esters is 2. The lowest BCUT2D eigenvalue weighted by Gasteiger charge is -2.21. The van der Waals surface area contributed by atoms with Crippen molar-refractivity contribution in [3.63, 3.8) is 0 Å². The van der Waals surface area contributed by atoms with Crippen LogP contribution in [0.1, 0.15) is 63.7 Å². The van der Waals surface area contributed by atoms with Gasteiger partial charge in [0.2, 0.25) is 11.5 Å². The Kier molecular flexibility index (Phi) is 10.6. The highest BCUT2D eigenvalue weighted by Crippen LogP contribution is 2.52. The average molecular weight is 573 g/mol. The Bertz CT molecular complexity index is 1240. The lowest BCUT2D eigenvalue weighted by atomic mass is 10.1. The van der Waals surface area contributed by atoms with E-state index in [1.54, 1.807) is 36.4 Å². The van der Waals surface area contributed by atoms with Crippen molar-refractivity contribution in [2.75, 3.05) is 19.8 Å². The van der Waals surface area contributed by atoms with E-state index >= 15 is 0 Å². The van der Waals surface area contributed by atoms with Gasteiger partial charge in [-0.15, -0.1) is 0 Å². The summed E-state index contributed by atoms with van der Waals surface area (Å²) in [5.74, 6) is 0.418. The quantitative estimate of drug-likeness (QED) is 0.119. The molecule has 0 saturated carbocycles. The molecule has 0 unspecified atom stereocenters. The van der Waals surface area contributed by atoms with Gasteiger partial charge in [0.05, 0.1) is 25.4 Å². The van der Waals surface area contributed by atoms with E-state index in [4.69, 9.17) is 23.7 Å². The summed E-state index contributed by atoms with van der Waals surface area (Å²) in [5.41, 5.74) is 0.357. The van der Waals surface area contributed by atoms with Crippen molar-refractivity contribution >= 4 is 38.6 Å². The van der Waals surface area contributed by atoms with E-state index in [0.29, 0.717) is 28.7 Å². The van der Waals surface area contributed by atoms with Crippen molar-refractivity contribution in [1.29, 1.82) is 0 Å². The van der Waals surface area contributed by atoms with Gasteiger partial charge in [0.15, 0.2) is 11.5 Å². The number of hydrogen-bond donors (Lipinski definition) is 0. The molecule has 3 aromatic rings. The fourth-order valence-corrected chi connectivity index (χ4v) is 4.22. The van der Waals surface area contributed by atoms with Gasteiger partial charge in [-0.3, -0.25) is 4.79 Å². The molecule has 0 N–H and O–H groups in total. The van der Waals surface area contributed by atoms with Crippen LogP contribution in [0.15, 0.2) is 46.9 Å². The molecular formula is C29H33BrO7. The lowest BCUT2D eigenvalue weighted by molar-refractivity contribution is -0.134. The molecule has 0 amide bonds. The summed E-state index contributed by atoms with van der Waals surface area (Å²) >= 11 is 3.39. The van der Waals surface area contributed by atoms with E-state index < -0.39 is 5.97 Å². The van der Waals surface area contributed by atoms with E-state index in [0.717, 1.165) is 23.7 Å². The van der Waals surface area contributed by atoms with Crippen LogP contribution >= 0.6 is 15.9 Å². The van der Waals surface area contributed by atoms with Gasteiger partial charge in [0.1, 0.15) is 5.75 Å². The topological polar surface area (TPSA) is 80.3 Å². The van der Waals surface area contributed by atoms with Gasteiger partial charge >= 0.3 is 11.9 Å². The molecule has 198 valence electrons. The number of carbonyl (C=O) groups is 2. The highest BCUT2D eigenvalue weighted by molar-refractivity contribution is 9.10. The Hall–Kier alpha value is -3.26. The maximum Gasteiger partial charge on any atom is 0.343 e. The first-order valence-electron chi connectivity index (χ1n) is 12.6. The molecule has 0 saturated heterocycles. The van der Waals surface area contributed by atoms with Crippen LogP contribution < -0.4 is 23.7 Å². The Labute approximate surface area is 226 Å². The summed E-state index contributed by atoms with van der Waals surface area (Å²) in [7, 11) is 0. The molecule has 0 aliphatic heterocycles. The summed E-state index contributed by atoms with van der Waals surface area (Å²) in [4.78, 5) is 26.0. The monoisotopic (exact) mass is 572 g/mol. The smallest absolute Gasteiger partial charge is 0.343 e. The van der Waals surface area contributed by atoms with Crippen LogP contribution in [0.25, 0.3) is 10.8 Å². The molecular weight excluding hydrogens is 540 g/mol. The minimum absolute atomic E-state index is 0.164. The zero-order valence-corrected chi connectivity index (χ0v) is 23.3. The molecule has 8 heteroatoms. The lowest BCUT2D eigenvalue weighted by Crippen LogP contribution is -2.13. The van der Waals surface area contributed by atoms with Crippen LogP contribution in [-0.4, -0.2) is 31.8 Å². The Morgan fingerprint density at radius 2 is 1.41 bits per heavy atom. The molecule has 3 aromatic carbocycles. The summed E-state index contributed by atoms with van der Waals surface area (Å²) in [6.07, 6.45) is 2.93. The van der Waals surface area contributed by atoms with Gasteiger partial charge in [-0.25, -0.2) is 4.79 Å². The minimum atomic E-state index is -0.572. The summed E-state index contributed by atoms with van der Waals surface area (Å²) in [6.45, 7) is 8.58. The number of rotatable bonds is 13. The third-order valence-electron chi connectivity index (χ3n) is 5.44. The molecule has 3 rings (SSSR count). The molecule has 0 aliphatic carbocycles. The zero-order chi connectivity index (χ0) is 26.8. The van der Waals surface area contributed by atoms with E-state index in [-0.39, 0.29) is 48.6 Å². The van der Waals surface area contributed by atoms with Crippen molar-refractivity contribution in [1.82, 2.24) is 0 Å². The number of hydrogen-bond acceptors (Lipinski definition) is 7. The van der Waals surface area contributed by atoms with Crippen LogP contribution in [0.2, 0.25) is 0 Å². The zero-order valence-electron chi connectivity index (χ0n) is 21.7. The molecule has 0 fully saturated rings. The van der Waals surface area contributed by atoms with Crippen molar-refractivity contribution in [2.24, 2.45) is 0 Å². The van der Waals surface area contributed by atoms with Crippen LogP contribution in [0.4, 0.5) is 0 Å². The maximum atomic E-state index is 13.2. The molecule has 0 radical (unpaired) electrons. The predicted molar refractivity (Wildman–Crippen MR) is 146 cm³/mol. The van der Waals surface area contributed by atoms with Gasteiger partial charge < -0.3 is 23.7 Å². The first-order chi connectivity index (χ1) is 17.9. The van der Waals surface area contributed by atoms with Crippen LogP contribution in [0.5, 0.6) is 28.7 Å². The van der Waals surface area contributed by atoms with E-state index in [9.17, 15) is 9.59 Å². The van der Waals surface area contributed by atoms with Crippen molar-refractivity contribution in [2.45, 2.75) is 53.4 Å². The summed E-state index contributed by atoms with van der Waals surface area (Å²) in [5, 5.41) is 1.04. The van der Waals surface area contributed by atoms with Gasteiger partial charge in [-0.05, 0) is 63.6 Å². The van der Waals surface area contributed by atoms with E-state index in [1.165, 1.54) is 0 Å². The number of ether oxygens (including phenoxy) is 5. The Morgan fingerprint density at radius 3 is 2.03 bits per heavy atom. The number of halogens is 1. The molecule has 0 atom stereocenters. The number of fused-ring (bicyclic) bond motifs is 1. The summed E-state index contributed by atoms with van der Waals surface area (Å²) < 4.78 is 30.2. The molecule has 37 heavy (non-hydrogen) atoms. The second kappa shape index (κ2) is 13.9. The molecule has 0 spiro atoms. The van der Waals surface area contributed by atoms with Crippen LogP contribution in [0.3, 0.4) is 0 Å². The number of benzene rings is 3. The van der Waals surface area contributed by atoms with Crippen molar-refractivity contribution < 1.29 is 33.3 Å². The third-order valence-corrected chi connectivity index (χ3v) is 5.94. The third kappa shape index (κ3) is 7.16.